The van der Waals surface area contributed by atoms with Crippen molar-refractivity contribution < 1.29 is 0 Å². The fourth-order valence-electron chi connectivity index (χ4n) is 1.86. The molecule has 96 valence electrons. The lowest BCUT2D eigenvalue weighted by molar-refractivity contribution is 0.879. The van der Waals surface area contributed by atoms with E-state index in [9.17, 15) is 0 Å². The number of benzene rings is 1. The number of anilines is 1. The molecular weight excluding hydrogens is 256 g/mol. The Labute approximate surface area is 115 Å². The number of hydrogen-bond acceptors (Lipinski definition) is 4. The van der Waals surface area contributed by atoms with E-state index in [2.05, 4.69) is 45.0 Å². The maximum atomic E-state index is 4.10. The molecule has 5 heteroatoms. The van der Waals surface area contributed by atoms with Crippen LogP contribution >= 0.6 is 11.3 Å². The zero-order chi connectivity index (χ0) is 12.9. The van der Waals surface area contributed by atoms with Crippen molar-refractivity contribution in [1.82, 2.24) is 14.8 Å². The second-order valence-electron chi connectivity index (χ2n) is 4.14. The Kier molecular flexibility index (Phi) is 3.56. The van der Waals surface area contributed by atoms with Gasteiger partial charge in [-0.3, -0.25) is 0 Å². The molecule has 1 aromatic carbocycles. The molecule has 0 saturated carbocycles. The highest BCUT2D eigenvalue weighted by atomic mass is 32.1. The summed E-state index contributed by atoms with van der Waals surface area (Å²) >= 11 is 1.80. The van der Waals surface area contributed by atoms with E-state index in [1.54, 1.807) is 22.3 Å². The van der Waals surface area contributed by atoms with Crippen LogP contribution in [0, 0.1) is 0 Å². The van der Waals surface area contributed by atoms with Crippen molar-refractivity contribution in [3.63, 3.8) is 0 Å². The van der Waals surface area contributed by atoms with Crippen LogP contribution in [0.2, 0.25) is 0 Å². The zero-order valence-electron chi connectivity index (χ0n) is 10.4. The third-order valence-corrected chi connectivity index (χ3v) is 3.77. The van der Waals surface area contributed by atoms with Gasteiger partial charge < -0.3 is 5.32 Å². The minimum absolute atomic E-state index is 0.948. The first-order chi connectivity index (χ1) is 9.42. The Bertz CT molecular complexity index is 599. The average Bonchev–Trinajstić information content (AvgIpc) is 3.13. The Balaban J connectivity index is 1.57. The standard InChI is InChI=1S/C14H14N4S/c1-2-14(19-9-1)7-8-16-12-3-5-13(6-4-12)18-11-15-10-17-18/h1-6,9-11,16H,7-8H2. The first-order valence-corrected chi connectivity index (χ1v) is 7.01. The fraction of sp³-hybridized carbons (Fsp3) is 0.143. The zero-order valence-corrected chi connectivity index (χ0v) is 11.2. The summed E-state index contributed by atoms with van der Waals surface area (Å²) in [4.78, 5) is 5.35. The molecule has 3 aromatic rings. The highest BCUT2D eigenvalue weighted by Gasteiger charge is 1.98. The van der Waals surface area contributed by atoms with Crippen molar-refractivity contribution >= 4 is 17.0 Å². The van der Waals surface area contributed by atoms with Crippen LogP contribution in [0.5, 0.6) is 0 Å². The summed E-state index contributed by atoms with van der Waals surface area (Å²) in [6, 6.07) is 12.4. The average molecular weight is 270 g/mol. The molecule has 0 bridgehead atoms. The van der Waals surface area contributed by atoms with Crippen LogP contribution in [0.15, 0.2) is 54.4 Å². The number of rotatable bonds is 5. The topological polar surface area (TPSA) is 42.7 Å². The molecular formula is C14H14N4S. The van der Waals surface area contributed by atoms with Gasteiger partial charge in [-0.25, -0.2) is 9.67 Å². The van der Waals surface area contributed by atoms with Gasteiger partial charge in [-0.05, 0) is 42.1 Å². The van der Waals surface area contributed by atoms with Gasteiger partial charge in [0.05, 0.1) is 5.69 Å². The number of aromatic nitrogens is 3. The molecule has 0 fully saturated rings. The Morgan fingerprint density at radius 2 is 2.05 bits per heavy atom. The number of thiophene rings is 1. The lowest BCUT2D eigenvalue weighted by atomic mass is 10.2. The van der Waals surface area contributed by atoms with Crippen LogP contribution in [0.1, 0.15) is 4.88 Å². The minimum atomic E-state index is 0.948. The molecule has 19 heavy (non-hydrogen) atoms. The van der Waals surface area contributed by atoms with Gasteiger partial charge in [-0.2, -0.15) is 5.10 Å². The van der Waals surface area contributed by atoms with E-state index in [0.717, 1.165) is 24.3 Å². The van der Waals surface area contributed by atoms with Crippen molar-refractivity contribution in [2.45, 2.75) is 6.42 Å². The van der Waals surface area contributed by atoms with E-state index < -0.39 is 0 Å². The Morgan fingerprint density at radius 3 is 2.74 bits per heavy atom. The van der Waals surface area contributed by atoms with E-state index in [4.69, 9.17) is 0 Å². The van der Waals surface area contributed by atoms with E-state index in [-0.39, 0.29) is 0 Å². The molecule has 0 amide bonds. The van der Waals surface area contributed by atoms with E-state index in [1.165, 1.54) is 11.2 Å². The summed E-state index contributed by atoms with van der Waals surface area (Å²) in [5.41, 5.74) is 2.14. The van der Waals surface area contributed by atoms with Crippen molar-refractivity contribution in [2.75, 3.05) is 11.9 Å². The maximum Gasteiger partial charge on any atom is 0.138 e. The molecule has 3 rings (SSSR count). The predicted octanol–water partition coefficient (Wildman–Crippen LogP) is 2.98. The predicted molar refractivity (Wildman–Crippen MR) is 77.9 cm³/mol. The van der Waals surface area contributed by atoms with Crippen LogP contribution in [-0.4, -0.2) is 21.3 Å². The van der Waals surface area contributed by atoms with Gasteiger partial charge >= 0.3 is 0 Å². The van der Waals surface area contributed by atoms with Crippen molar-refractivity contribution in [3.05, 3.63) is 59.3 Å². The normalized spacial score (nSPS) is 10.5. The van der Waals surface area contributed by atoms with Gasteiger partial charge in [0, 0.05) is 17.1 Å². The van der Waals surface area contributed by atoms with E-state index >= 15 is 0 Å². The summed E-state index contributed by atoms with van der Waals surface area (Å²) in [5.74, 6) is 0. The third-order valence-electron chi connectivity index (χ3n) is 2.83. The monoisotopic (exact) mass is 270 g/mol. The van der Waals surface area contributed by atoms with Crippen LogP contribution in [0.25, 0.3) is 5.69 Å². The third kappa shape index (κ3) is 3.00. The van der Waals surface area contributed by atoms with Crippen molar-refractivity contribution in [1.29, 1.82) is 0 Å². The molecule has 0 saturated heterocycles. The number of hydrogen-bond donors (Lipinski definition) is 1. The molecule has 0 aliphatic rings. The fourth-order valence-corrected chi connectivity index (χ4v) is 2.57. The molecule has 0 aliphatic heterocycles. The molecule has 0 spiro atoms. The molecule has 0 aliphatic carbocycles. The van der Waals surface area contributed by atoms with Crippen molar-refractivity contribution in [3.8, 4) is 5.69 Å². The maximum absolute atomic E-state index is 4.10. The first-order valence-electron chi connectivity index (χ1n) is 6.13. The molecule has 4 nitrogen and oxygen atoms in total. The Hall–Kier alpha value is -2.14. The molecule has 1 N–H and O–H groups in total. The van der Waals surface area contributed by atoms with Gasteiger partial charge in [0.2, 0.25) is 0 Å². The number of nitrogens with zero attached hydrogens (tertiary/aromatic N) is 3. The van der Waals surface area contributed by atoms with Crippen molar-refractivity contribution in [2.24, 2.45) is 0 Å². The SMILES string of the molecule is c1csc(CCNc2ccc(-n3cncn3)cc2)c1. The Morgan fingerprint density at radius 1 is 1.16 bits per heavy atom. The van der Waals surface area contributed by atoms with Crippen LogP contribution in [0.4, 0.5) is 5.69 Å². The van der Waals surface area contributed by atoms with Gasteiger partial charge in [0.1, 0.15) is 12.7 Å². The molecule has 2 aromatic heterocycles. The second kappa shape index (κ2) is 5.67. The van der Waals surface area contributed by atoms with Gasteiger partial charge in [-0.15, -0.1) is 11.3 Å². The van der Waals surface area contributed by atoms with Crippen LogP contribution in [-0.2, 0) is 6.42 Å². The van der Waals surface area contributed by atoms with Crippen LogP contribution < -0.4 is 5.32 Å². The molecule has 2 heterocycles. The lowest BCUT2D eigenvalue weighted by Gasteiger charge is -2.06. The number of nitrogens with one attached hydrogen (secondary N) is 1. The summed E-state index contributed by atoms with van der Waals surface area (Å²) in [6.45, 7) is 0.948. The summed E-state index contributed by atoms with van der Waals surface area (Å²) < 4.78 is 1.75. The largest absolute Gasteiger partial charge is 0.385 e. The highest BCUT2D eigenvalue weighted by Crippen LogP contribution is 2.13. The molecule has 0 atom stereocenters. The van der Waals surface area contributed by atoms with Gasteiger partial charge in [0.25, 0.3) is 0 Å². The highest BCUT2D eigenvalue weighted by molar-refractivity contribution is 7.09. The summed E-state index contributed by atoms with van der Waals surface area (Å²) in [7, 11) is 0. The second-order valence-corrected chi connectivity index (χ2v) is 5.18. The molecule has 0 unspecified atom stereocenters. The summed E-state index contributed by atoms with van der Waals surface area (Å²) in [6.07, 6.45) is 4.29. The molecule has 0 radical (unpaired) electrons. The smallest absolute Gasteiger partial charge is 0.138 e. The summed E-state index contributed by atoms with van der Waals surface area (Å²) in [5, 5.41) is 9.63. The first kappa shape index (κ1) is 11.9. The van der Waals surface area contributed by atoms with E-state index in [0.29, 0.717) is 0 Å². The van der Waals surface area contributed by atoms with Gasteiger partial charge in [0.15, 0.2) is 0 Å². The minimum Gasteiger partial charge on any atom is -0.385 e. The van der Waals surface area contributed by atoms with Crippen LogP contribution in [0.3, 0.4) is 0 Å². The quantitative estimate of drug-likeness (QED) is 0.775. The van der Waals surface area contributed by atoms with E-state index in [1.807, 2.05) is 12.1 Å². The van der Waals surface area contributed by atoms with Gasteiger partial charge in [-0.1, -0.05) is 6.07 Å². The lowest BCUT2D eigenvalue weighted by Crippen LogP contribution is -2.04.